The van der Waals surface area contributed by atoms with Crippen LogP contribution in [0.25, 0.3) is 0 Å². The van der Waals surface area contributed by atoms with Crippen LogP contribution in [0.15, 0.2) is 0 Å². The van der Waals surface area contributed by atoms with Crippen LogP contribution < -0.4 is 5.32 Å². The molecule has 2 saturated carbocycles. The number of aliphatic hydroxyl groups excluding tert-OH is 1. The highest BCUT2D eigenvalue weighted by molar-refractivity contribution is 4.99. The van der Waals surface area contributed by atoms with Crippen LogP contribution in [0.1, 0.15) is 51.9 Å². The number of hydrogen-bond acceptors (Lipinski definition) is 4. The van der Waals surface area contributed by atoms with E-state index < -0.39 is 0 Å². The number of rotatable bonds is 6. The largest absolute Gasteiger partial charge is 0.394 e. The first-order chi connectivity index (χ1) is 10.3. The van der Waals surface area contributed by atoms with Crippen molar-refractivity contribution in [3.8, 4) is 0 Å². The summed E-state index contributed by atoms with van der Waals surface area (Å²) in [5.41, 5.74) is -0.00385. The molecule has 0 aromatic heterocycles. The Morgan fingerprint density at radius 1 is 1.29 bits per heavy atom. The molecule has 3 fully saturated rings. The fourth-order valence-corrected chi connectivity index (χ4v) is 5.02. The van der Waals surface area contributed by atoms with Gasteiger partial charge >= 0.3 is 0 Å². The SMILES string of the molecule is CCNC1(CO)CCCC1CCN1CCOC2CCCC21. The van der Waals surface area contributed by atoms with Crippen molar-refractivity contribution in [2.24, 2.45) is 5.92 Å². The second-order valence-corrected chi connectivity index (χ2v) is 7.17. The summed E-state index contributed by atoms with van der Waals surface area (Å²) in [7, 11) is 0. The number of ether oxygens (including phenoxy) is 1. The molecule has 0 bridgehead atoms. The molecule has 3 rings (SSSR count). The van der Waals surface area contributed by atoms with E-state index in [1.807, 2.05) is 0 Å². The molecular weight excluding hydrogens is 264 g/mol. The zero-order valence-corrected chi connectivity index (χ0v) is 13.5. The monoisotopic (exact) mass is 296 g/mol. The molecule has 21 heavy (non-hydrogen) atoms. The first kappa shape index (κ1) is 15.7. The lowest BCUT2D eigenvalue weighted by molar-refractivity contribution is -0.0580. The predicted octanol–water partition coefficient (Wildman–Crippen LogP) is 1.77. The maximum absolute atomic E-state index is 9.91. The van der Waals surface area contributed by atoms with Crippen LogP contribution in [0.2, 0.25) is 0 Å². The van der Waals surface area contributed by atoms with E-state index in [2.05, 4.69) is 17.1 Å². The minimum Gasteiger partial charge on any atom is -0.394 e. The van der Waals surface area contributed by atoms with E-state index in [0.717, 1.165) is 26.1 Å². The number of hydrogen-bond donors (Lipinski definition) is 2. The van der Waals surface area contributed by atoms with Crippen LogP contribution in [-0.2, 0) is 4.74 Å². The molecule has 0 aromatic carbocycles. The maximum atomic E-state index is 9.91. The first-order valence-corrected chi connectivity index (χ1v) is 9.00. The average Bonchev–Trinajstić information content (AvgIpc) is 3.12. The highest BCUT2D eigenvalue weighted by Gasteiger charge is 2.42. The fraction of sp³-hybridized carbons (Fsp3) is 1.00. The number of fused-ring (bicyclic) bond motifs is 1. The lowest BCUT2D eigenvalue weighted by Crippen LogP contribution is -2.53. The third-order valence-electron chi connectivity index (χ3n) is 6.13. The molecule has 1 aliphatic heterocycles. The summed E-state index contributed by atoms with van der Waals surface area (Å²) in [6, 6.07) is 0.669. The number of aliphatic hydroxyl groups is 1. The van der Waals surface area contributed by atoms with E-state index in [9.17, 15) is 5.11 Å². The van der Waals surface area contributed by atoms with Crippen molar-refractivity contribution < 1.29 is 9.84 Å². The van der Waals surface area contributed by atoms with Gasteiger partial charge in [-0.2, -0.15) is 0 Å². The second kappa shape index (κ2) is 6.95. The summed E-state index contributed by atoms with van der Waals surface area (Å²) >= 11 is 0. The maximum Gasteiger partial charge on any atom is 0.0730 e. The number of likely N-dealkylation sites (N-methyl/N-ethyl adjacent to an activating group) is 1. The fourth-order valence-electron chi connectivity index (χ4n) is 5.02. The Balaban J connectivity index is 1.56. The van der Waals surface area contributed by atoms with Gasteiger partial charge in [-0.05, 0) is 57.5 Å². The van der Waals surface area contributed by atoms with Crippen LogP contribution in [0.4, 0.5) is 0 Å². The van der Waals surface area contributed by atoms with Crippen molar-refractivity contribution in [3.05, 3.63) is 0 Å². The third-order valence-corrected chi connectivity index (χ3v) is 6.13. The van der Waals surface area contributed by atoms with Crippen LogP contribution in [-0.4, -0.2) is 60.5 Å². The zero-order valence-electron chi connectivity index (χ0n) is 13.5. The Hall–Kier alpha value is -0.160. The zero-order chi connectivity index (χ0) is 14.7. The van der Waals surface area contributed by atoms with E-state index in [1.165, 1.54) is 45.1 Å². The van der Waals surface area contributed by atoms with E-state index in [1.54, 1.807) is 0 Å². The quantitative estimate of drug-likeness (QED) is 0.784. The van der Waals surface area contributed by atoms with Gasteiger partial charge in [-0.1, -0.05) is 13.3 Å². The number of nitrogens with one attached hydrogen (secondary N) is 1. The standard InChI is InChI=1S/C17H32N2O2/c1-2-18-17(13-20)9-4-5-14(17)8-10-19-11-12-21-16-7-3-6-15(16)19/h14-16,18,20H,2-13H2,1H3. The molecule has 0 radical (unpaired) electrons. The Morgan fingerprint density at radius 2 is 2.19 bits per heavy atom. The molecule has 0 amide bonds. The summed E-state index contributed by atoms with van der Waals surface area (Å²) < 4.78 is 5.91. The van der Waals surface area contributed by atoms with E-state index in [4.69, 9.17) is 4.74 Å². The molecule has 0 aromatic rings. The van der Waals surface area contributed by atoms with Gasteiger partial charge in [0.05, 0.1) is 19.3 Å². The molecule has 4 atom stereocenters. The van der Waals surface area contributed by atoms with Gasteiger partial charge in [-0.15, -0.1) is 0 Å². The summed E-state index contributed by atoms with van der Waals surface area (Å²) in [6.45, 7) is 6.59. The Bertz CT molecular complexity index is 339. The van der Waals surface area contributed by atoms with Crippen molar-refractivity contribution in [1.82, 2.24) is 10.2 Å². The van der Waals surface area contributed by atoms with Gasteiger partial charge in [-0.25, -0.2) is 0 Å². The van der Waals surface area contributed by atoms with Crippen molar-refractivity contribution in [3.63, 3.8) is 0 Å². The first-order valence-electron chi connectivity index (χ1n) is 9.00. The topological polar surface area (TPSA) is 44.7 Å². The molecule has 2 N–H and O–H groups in total. The molecule has 3 aliphatic rings. The summed E-state index contributed by atoms with van der Waals surface area (Å²) in [5, 5.41) is 13.5. The van der Waals surface area contributed by atoms with Crippen LogP contribution in [0.3, 0.4) is 0 Å². The van der Waals surface area contributed by atoms with E-state index >= 15 is 0 Å². The van der Waals surface area contributed by atoms with Gasteiger partial charge < -0.3 is 15.2 Å². The molecular formula is C17H32N2O2. The molecule has 4 unspecified atom stereocenters. The summed E-state index contributed by atoms with van der Waals surface area (Å²) in [6.07, 6.45) is 9.27. The Kier molecular flexibility index (Phi) is 5.20. The molecule has 1 heterocycles. The van der Waals surface area contributed by atoms with Crippen molar-refractivity contribution in [2.45, 2.75) is 69.6 Å². The van der Waals surface area contributed by atoms with Crippen molar-refractivity contribution >= 4 is 0 Å². The third kappa shape index (κ3) is 3.14. The Morgan fingerprint density at radius 3 is 3.00 bits per heavy atom. The second-order valence-electron chi connectivity index (χ2n) is 7.17. The molecule has 1 saturated heterocycles. The minimum atomic E-state index is -0.00385. The van der Waals surface area contributed by atoms with Gasteiger partial charge in [0.2, 0.25) is 0 Å². The van der Waals surface area contributed by atoms with Gasteiger partial charge in [0.25, 0.3) is 0 Å². The van der Waals surface area contributed by atoms with E-state index in [0.29, 0.717) is 24.7 Å². The predicted molar refractivity (Wildman–Crippen MR) is 84.4 cm³/mol. The minimum absolute atomic E-state index is 0.00385. The molecule has 122 valence electrons. The van der Waals surface area contributed by atoms with Gasteiger partial charge in [0.1, 0.15) is 0 Å². The highest BCUT2D eigenvalue weighted by Crippen LogP contribution is 2.38. The molecule has 2 aliphatic carbocycles. The van der Waals surface area contributed by atoms with Crippen LogP contribution in [0.5, 0.6) is 0 Å². The van der Waals surface area contributed by atoms with E-state index in [-0.39, 0.29) is 5.54 Å². The molecule has 0 spiro atoms. The smallest absolute Gasteiger partial charge is 0.0730 e. The lowest BCUT2D eigenvalue weighted by Gasteiger charge is -2.40. The number of morpholine rings is 1. The van der Waals surface area contributed by atoms with Crippen molar-refractivity contribution in [1.29, 1.82) is 0 Å². The Labute approximate surface area is 129 Å². The average molecular weight is 296 g/mol. The normalized spacial score (nSPS) is 40.6. The van der Waals surface area contributed by atoms with Gasteiger partial charge in [0, 0.05) is 18.1 Å². The number of nitrogens with zero attached hydrogens (tertiary/aromatic N) is 1. The lowest BCUT2D eigenvalue weighted by atomic mass is 9.85. The van der Waals surface area contributed by atoms with Crippen molar-refractivity contribution in [2.75, 3.05) is 32.8 Å². The van der Waals surface area contributed by atoms with Gasteiger partial charge in [0.15, 0.2) is 0 Å². The summed E-state index contributed by atoms with van der Waals surface area (Å²) in [4.78, 5) is 2.67. The highest BCUT2D eigenvalue weighted by atomic mass is 16.5. The van der Waals surface area contributed by atoms with Gasteiger partial charge in [-0.3, -0.25) is 4.90 Å². The van der Waals surface area contributed by atoms with Crippen LogP contribution in [0, 0.1) is 5.92 Å². The molecule has 4 nitrogen and oxygen atoms in total. The molecule has 4 heteroatoms. The summed E-state index contributed by atoms with van der Waals surface area (Å²) in [5.74, 6) is 0.630. The van der Waals surface area contributed by atoms with Crippen LogP contribution >= 0.6 is 0 Å².